The van der Waals surface area contributed by atoms with E-state index in [1.807, 2.05) is 24.3 Å². The highest BCUT2D eigenvalue weighted by Gasteiger charge is 2.21. The summed E-state index contributed by atoms with van der Waals surface area (Å²) in [5.74, 6) is -0.0760. The predicted octanol–water partition coefficient (Wildman–Crippen LogP) is 0.932. The molecule has 2 N–H and O–H groups in total. The Morgan fingerprint density at radius 1 is 1.25 bits per heavy atom. The molecule has 2 amide bonds. The van der Waals surface area contributed by atoms with Crippen molar-refractivity contribution in [2.45, 2.75) is 25.9 Å². The van der Waals surface area contributed by atoms with E-state index in [1.165, 1.54) is 10.9 Å². The molecule has 0 aliphatic carbocycles. The first-order valence-corrected chi connectivity index (χ1v) is 7.99. The van der Waals surface area contributed by atoms with Crippen LogP contribution in [0, 0.1) is 0 Å². The van der Waals surface area contributed by atoms with Gasteiger partial charge in [0, 0.05) is 31.4 Å². The van der Waals surface area contributed by atoms with E-state index in [0.717, 1.165) is 24.2 Å². The molecule has 1 aliphatic rings. The van der Waals surface area contributed by atoms with Crippen LogP contribution in [0.3, 0.4) is 0 Å². The van der Waals surface area contributed by atoms with Crippen molar-refractivity contribution < 1.29 is 14.7 Å². The first kappa shape index (κ1) is 16.2. The van der Waals surface area contributed by atoms with Crippen LogP contribution < -0.4 is 10.2 Å². The summed E-state index contributed by atoms with van der Waals surface area (Å²) in [7, 11) is 0. The summed E-state index contributed by atoms with van der Waals surface area (Å²) in [5, 5.41) is 15.8. The van der Waals surface area contributed by atoms with E-state index in [-0.39, 0.29) is 25.0 Å². The number of hydrogen-bond donors (Lipinski definition) is 2. The van der Waals surface area contributed by atoms with Crippen molar-refractivity contribution in [1.82, 2.24) is 15.1 Å². The van der Waals surface area contributed by atoms with E-state index < -0.39 is 0 Å². The van der Waals surface area contributed by atoms with Crippen LogP contribution in [-0.2, 0) is 17.9 Å². The fourth-order valence-electron chi connectivity index (χ4n) is 2.79. The van der Waals surface area contributed by atoms with Crippen LogP contribution in [0.1, 0.15) is 28.9 Å². The molecule has 7 heteroatoms. The summed E-state index contributed by atoms with van der Waals surface area (Å²) in [6.45, 7) is 1.37. The molecule has 1 saturated heterocycles. The summed E-state index contributed by atoms with van der Waals surface area (Å²) in [5.41, 5.74) is 2.27. The molecule has 0 radical (unpaired) electrons. The Kier molecular flexibility index (Phi) is 4.90. The first-order valence-electron chi connectivity index (χ1n) is 7.99. The van der Waals surface area contributed by atoms with Crippen molar-refractivity contribution in [1.29, 1.82) is 0 Å². The summed E-state index contributed by atoms with van der Waals surface area (Å²) >= 11 is 0. The number of nitrogens with one attached hydrogen (secondary N) is 1. The van der Waals surface area contributed by atoms with Crippen LogP contribution in [-0.4, -0.2) is 39.9 Å². The highest BCUT2D eigenvalue weighted by Crippen LogP contribution is 2.21. The number of anilines is 1. The monoisotopic (exact) mass is 328 g/mol. The number of amides is 2. The fraction of sp³-hybridized carbons (Fsp3) is 0.353. The highest BCUT2D eigenvalue weighted by atomic mass is 16.3. The quantitative estimate of drug-likeness (QED) is 0.826. The average Bonchev–Trinajstić information content (AvgIpc) is 3.22. The first-order chi connectivity index (χ1) is 11.7. The van der Waals surface area contributed by atoms with Gasteiger partial charge in [-0.2, -0.15) is 5.10 Å². The van der Waals surface area contributed by atoms with Crippen molar-refractivity contribution in [3.05, 3.63) is 47.8 Å². The van der Waals surface area contributed by atoms with Gasteiger partial charge in [0.05, 0.1) is 13.2 Å². The van der Waals surface area contributed by atoms with Gasteiger partial charge in [-0.1, -0.05) is 12.1 Å². The van der Waals surface area contributed by atoms with Gasteiger partial charge in [0.1, 0.15) is 5.69 Å². The Balaban J connectivity index is 1.59. The van der Waals surface area contributed by atoms with Crippen LogP contribution >= 0.6 is 0 Å². The zero-order chi connectivity index (χ0) is 16.9. The number of aliphatic hydroxyl groups excluding tert-OH is 1. The maximum Gasteiger partial charge on any atom is 0.269 e. The van der Waals surface area contributed by atoms with Gasteiger partial charge in [-0.25, -0.2) is 0 Å². The fourth-order valence-corrected chi connectivity index (χ4v) is 2.79. The van der Waals surface area contributed by atoms with Gasteiger partial charge >= 0.3 is 0 Å². The summed E-state index contributed by atoms with van der Waals surface area (Å²) in [4.78, 5) is 25.7. The van der Waals surface area contributed by atoms with Crippen LogP contribution in [0.4, 0.5) is 5.69 Å². The minimum absolute atomic E-state index is 0.0708. The molecule has 1 fully saturated rings. The van der Waals surface area contributed by atoms with Crippen LogP contribution in [0.15, 0.2) is 36.5 Å². The molecule has 3 rings (SSSR count). The SMILES string of the molecule is O=C(NCc1ccc(N2CCCC2=O)cc1)c1ccnn1CCO. The topological polar surface area (TPSA) is 87.5 Å². The van der Waals surface area contributed by atoms with Crippen LogP contribution in [0.2, 0.25) is 0 Å². The zero-order valence-corrected chi connectivity index (χ0v) is 13.3. The predicted molar refractivity (Wildman–Crippen MR) is 88.5 cm³/mol. The molecule has 126 valence electrons. The molecule has 0 atom stereocenters. The molecule has 0 unspecified atom stereocenters. The van der Waals surface area contributed by atoms with Gasteiger partial charge < -0.3 is 15.3 Å². The molecule has 1 aromatic heterocycles. The molecule has 1 aliphatic heterocycles. The Hall–Kier alpha value is -2.67. The summed E-state index contributed by atoms with van der Waals surface area (Å²) in [6, 6.07) is 9.24. The second-order valence-corrected chi connectivity index (χ2v) is 5.66. The van der Waals surface area contributed by atoms with Gasteiger partial charge in [-0.3, -0.25) is 14.3 Å². The Morgan fingerprint density at radius 3 is 2.71 bits per heavy atom. The molecule has 0 saturated carbocycles. The normalized spacial score (nSPS) is 14.2. The number of aliphatic hydroxyl groups is 1. The van der Waals surface area contributed by atoms with Crippen molar-refractivity contribution >= 4 is 17.5 Å². The zero-order valence-electron chi connectivity index (χ0n) is 13.3. The van der Waals surface area contributed by atoms with Gasteiger partial charge in [-0.15, -0.1) is 0 Å². The van der Waals surface area contributed by atoms with E-state index in [2.05, 4.69) is 10.4 Å². The summed E-state index contributed by atoms with van der Waals surface area (Å²) in [6.07, 6.45) is 3.05. The lowest BCUT2D eigenvalue weighted by atomic mass is 10.2. The van der Waals surface area contributed by atoms with Crippen molar-refractivity contribution in [3.63, 3.8) is 0 Å². The summed E-state index contributed by atoms with van der Waals surface area (Å²) < 4.78 is 1.47. The smallest absolute Gasteiger partial charge is 0.269 e. The number of rotatable bonds is 6. The van der Waals surface area contributed by atoms with Gasteiger partial charge in [-0.05, 0) is 30.2 Å². The number of carbonyl (C=O) groups is 2. The number of nitrogens with zero attached hydrogens (tertiary/aromatic N) is 3. The third-order valence-corrected chi connectivity index (χ3v) is 4.04. The molecule has 24 heavy (non-hydrogen) atoms. The van der Waals surface area contributed by atoms with E-state index in [1.54, 1.807) is 11.0 Å². The lowest BCUT2D eigenvalue weighted by Crippen LogP contribution is -2.26. The molecule has 7 nitrogen and oxygen atoms in total. The van der Waals surface area contributed by atoms with Crippen molar-refractivity contribution in [3.8, 4) is 0 Å². The lowest BCUT2D eigenvalue weighted by Gasteiger charge is -2.16. The Bertz CT molecular complexity index is 724. The minimum atomic E-state index is -0.236. The maximum atomic E-state index is 12.2. The Morgan fingerprint density at radius 2 is 2.04 bits per heavy atom. The van der Waals surface area contributed by atoms with Gasteiger partial charge in [0.25, 0.3) is 5.91 Å². The largest absolute Gasteiger partial charge is 0.394 e. The second-order valence-electron chi connectivity index (χ2n) is 5.66. The molecule has 2 heterocycles. The minimum Gasteiger partial charge on any atom is -0.394 e. The molecule has 1 aromatic carbocycles. The van der Waals surface area contributed by atoms with Crippen molar-refractivity contribution in [2.75, 3.05) is 18.1 Å². The number of benzene rings is 1. The Labute approximate surface area is 139 Å². The van der Waals surface area contributed by atoms with E-state index in [0.29, 0.717) is 18.7 Å². The van der Waals surface area contributed by atoms with Gasteiger partial charge in [0.15, 0.2) is 0 Å². The maximum absolute atomic E-state index is 12.2. The molecular weight excluding hydrogens is 308 g/mol. The number of carbonyl (C=O) groups excluding carboxylic acids is 2. The van der Waals surface area contributed by atoms with Crippen molar-refractivity contribution in [2.24, 2.45) is 0 Å². The van der Waals surface area contributed by atoms with Crippen LogP contribution in [0.25, 0.3) is 0 Å². The standard InChI is InChI=1S/C17H20N4O3/c22-11-10-21-15(7-8-19-21)17(24)18-12-13-3-5-14(6-4-13)20-9-1-2-16(20)23/h3-8,22H,1-2,9-12H2,(H,18,24). The van der Waals surface area contributed by atoms with E-state index in [9.17, 15) is 9.59 Å². The lowest BCUT2D eigenvalue weighted by molar-refractivity contribution is -0.117. The number of hydrogen-bond acceptors (Lipinski definition) is 4. The molecule has 2 aromatic rings. The third-order valence-electron chi connectivity index (χ3n) is 4.04. The third kappa shape index (κ3) is 3.46. The second kappa shape index (κ2) is 7.27. The van der Waals surface area contributed by atoms with E-state index >= 15 is 0 Å². The average molecular weight is 328 g/mol. The molecule has 0 bridgehead atoms. The van der Waals surface area contributed by atoms with Gasteiger partial charge in [0.2, 0.25) is 5.91 Å². The molecular formula is C17H20N4O3. The van der Waals surface area contributed by atoms with E-state index in [4.69, 9.17) is 5.11 Å². The molecule has 0 spiro atoms. The highest BCUT2D eigenvalue weighted by molar-refractivity contribution is 5.95. The number of aromatic nitrogens is 2. The van der Waals surface area contributed by atoms with Crippen LogP contribution in [0.5, 0.6) is 0 Å².